The highest BCUT2D eigenvalue weighted by molar-refractivity contribution is 7.99. The fourth-order valence-electron chi connectivity index (χ4n) is 3.42. The van der Waals surface area contributed by atoms with Crippen molar-refractivity contribution in [1.29, 1.82) is 0 Å². The Kier molecular flexibility index (Phi) is 7.96. The Labute approximate surface area is 201 Å². The fraction of sp³-hybridized carbons (Fsp3) is 0.333. The molecular weight excluding hydrogens is 454 g/mol. The van der Waals surface area contributed by atoms with Crippen molar-refractivity contribution in [3.05, 3.63) is 54.1 Å². The van der Waals surface area contributed by atoms with Crippen LogP contribution in [-0.4, -0.2) is 38.0 Å². The second-order valence-corrected chi connectivity index (χ2v) is 9.40. The Morgan fingerprint density at radius 3 is 2.73 bits per heavy atom. The maximum absolute atomic E-state index is 13.3. The van der Waals surface area contributed by atoms with Crippen LogP contribution in [0, 0.1) is 0 Å². The smallest absolute Gasteiger partial charge is 0.239 e. The van der Waals surface area contributed by atoms with Gasteiger partial charge in [0.25, 0.3) is 0 Å². The lowest BCUT2D eigenvalue weighted by molar-refractivity contribution is -0.116. The Hall–Kier alpha value is -2.91. The van der Waals surface area contributed by atoms with Crippen molar-refractivity contribution in [3.8, 4) is 22.8 Å². The number of unbranched alkanes of at least 4 members (excludes halogenated alkanes) is 3. The van der Waals surface area contributed by atoms with Crippen molar-refractivity contribution in [2.24, 2.45) is 7.05 Å². The van der Waals surface area contributed by atoms with Crippen LogP contribution in [0.5, 0.6) is 0 Å². The molecule has 0 aliphatic carbocycles. The lowest BCUT2D eigenvalue weighted by Gasteiger charge is -2.19. The largest absolute Gasteiger partial charge is 0.461 e. The number of thiazole rings is 1. The van der Waals surface area contributed by atoms with Crippen molar-refractivity contribution in [1.82, 2.24) is 19.7 Å². The number of amides is 1. The van der Waals surface area contributed by atoms with Crippen LogP contribution in [-0.2, 0) is 11.8 Å². The summed E-state index contributed by atoms with van der Waals surface area (Å²) >= 11 is 2.89. The molecular formula is C24H27N5O2S2. The second kappa shape index (κ2) is 11.3. The molecule has 1 amide bonds. The molecule has 0 aliphatic heterocycles. The number of hydrogen-bond donors (Lipinski definition) is 0. The molecule has 1 aromatic carbocycles. The van der Waals surface area contributed by atoms with Crippen molar-refractivity contribution < 1.29 is 9.21 Å². The molecule has 3 heterocycles. The minimum Gasteiger partial charge on any atom is -0.461 e. The molecule has 0 atom stereocenters. The normalized spacial score (nSPS) is 11.1. The summed E-state index contributed by atoms with van der Waals surface area (Å²) in [5.41, 5.74) is 1.95. The van der Waals surface area contributed by atoms with E-state index < -0.39 is 0 Å². The Morgan fingerprint density at radius 1 is 1.12 bits per heavy atom. The first-order valence-electron chi connectivity index (χ1n) is 11.0. The highest BCUT2D eigenvalue weighted by Crippen LogP contribution is 2.29. The first-order chi connectivity index (χ1) is 16.2. The van der Waals surface area contributed by atoms with Crippen molar-refractivity contribution in [2.45, 2.75) is 37.8 Å². The molecule has 0 aliphatic rings. The second-order valence-electron chi connectivity index (χ2n) is 7.62. The summed E-state index contributed by atoms with van der Waals surface area (Å²) in [5, 5.41) is 11.9. The number of carbonyl (C=O) groups is 1. The first kappa shape index (κ1) is 23.3. The summed E-state index contributed by atoms with van der Waals surface area (Å²) in [4.78, 5) is 19.9. The summed E-state index contributed by atoms with van der Waals surface area (Å²) in [6.45, 7) is 2.85. The van der Waals surface area contributed by atoms with E-state index in [0.717, 1.165) is 35.7 Å². The molecule has 0 saturated carbocycles. The number of nitrogens with zero attached hydrogens (tertiary/aromatic N) is 5. The van der Waals surface area contributed by atoms with Crippen LogP contribution >= 0.6 is 23.1 Å². The predicted molar refractivity (Wildman–Crippen MR) is 133 cm³/mol. The van der Waals surface area contributed by atoms with Gasteiger partial charge in [-0.2, -0.15) is 0 Å². The molecule has 0 N–H and O–H groups in total. The van der Waals surface area contributed by atoms with Gasteiger partial charge < -0.3 is 8.98 Å². The molecule has 0 fully saturated rings. The van der Waals surface area contributed by atoms with Gasteiger partial charge >= 0.3 is 0 Å². The van der Waals surface area contributed by atoms with E-state index in [4.69, 9.17) is 9.40 Å². The van der Waals surface area contributed by atoms with Crippen LogP contribution in [0.3, 0.4) is 0 Å². The molecule has 0 bridgehead atoms. The van der Waals surface area contributed by atoms with Gasteiger partial charge in [0.15, 0.2) is 21.9 Å². The summed E-state index contributed by atoms with van der Waals surface area (Å²) in [6, 6.07) is 13.7. The first-order valence-corrected chi connectivity index (χ1v) is 12.9. The van der Waals surface area contributed by atoms with E-state index in [1.54, 1.807) is 6.26 Å². The van der Waals surface area contributed by atoms with E-state index in [2.05, 4.69) is 17.1 Å². The number of carbonyl (C=O) groups excluding carboxylic acids is 1. The molecule has 33 heavy (non-hydrogen) atoms. The van der Waals surface area contributed by atoms with Crippen molar-refractivity contribution >= 4 is 34.1 Å². The monoisotopic (exact) mass is 481 g/mol. The lowest BCUT2D eigenvalue weighted by Crippen LogP contribution is -2.33. The van der Waals surface area contributed by atoms with Gasteiger partial charge in [0, 0.05) is 24.5 Å². The molecule has 4 aromatic rings. The third kappa shape index (κ3) is 5.72. The number of anilines is 1. The van der Waals surface area contributed by atoms with Crippen molar-refractivity contribution in [2.75, 3.05) is 17.2 Å². The van der Waals surface area contributed by atoms with Crippen LogP contribution < -0.4 is 4.90 Å². The molecule has 172 valence electrons. The number of aromatic nitrogens is 4. The summed E-state index contributed by atoms with van der Waals surface area (Å²) < 4.78 is 7.27. The predicted octanol–water partition coefficient (Wildman–Crippen LogP) is 5.90. The van der Waals surface area contributed by atoms with Crippen LogP contribution in [0.15, 0.2) is 63.7 Å². The van der Waals surface area contributed by atoms with Gasteiger partial charge in [-0.05, 0) is 18.6 Å². The van der Waals surface area contributed by atoms with Gasteiger partial charge in [-0.15, -0.1) is 21.5 Å². The maximum Gasteiger partial charge on any atom is 0.239 e. The average molecular weight is 482 g/mol. The number of hydrogen-bond acceptors (Lipinski definition) is 7. The standard InChI is InChI=1S/C24H27N5O2S2/c1-3-4-5-9-14-29(23-25-19(16-32-23)18-11-7-6-8-12-18)21(30)17-33-24-27-26-22(28(24)2)20-13-10-15-31-20/h6-8,10-13,15-16H,3-5,9,14,17H2,1-2H3. The number of thioether (sulfide) groups is 1. The SMILES string of the molecule is CCCCCCN(C(=O)CSc1nnc(-c2ccco2)n1C)c1nc(-c2ccccc2)cs1. The molecule has 7 nitrogen and oxygen atoms in total. The van der Waals surface area contributed by atoms with E-state index >= 15 is 0 Å². The number of furan rings is 1. The zero-order chi connectivity index (χ0) is 23.0. The Bertz CT molecular complexity index is 1150. The Balaban J connectivity index is 1.46. The summed E-state index contributed by atoms with van der Waals surface area (Å²) in [6.07, 6.45) is 5.98. The molecule has 0 saturated heterocycles. The van der Waals surface area contributed by atoms with E-state index in [1.807, 2.05) is 64.4 Å². The van der Waals surface area contributed by atoms with Crippen LogP contribution in [0.25, 0.3) is 22.8 Å². The van der Waals surface area contributed by atoms with Gasteiger partial charge in [0.1, 0.15) is 0 Å². The third-order valence-electron chi connectivity index (χ3n) is 5.23. The zero-order valence-corrected chi connectivity index (χ0v) is 20.4. The number of rotatable bonds is 11. The zero-order valence-electron chi connectivity index (χ0n) is 18.8. The minimum atomic E-state index is 0.0213. The maximum atomic E-state index is 13.3. The molecule has 9 heteroatoms. The van der Waals surface area contributed by atoms with Crippen LogP contribution in [0.2, 0.25) is 0 Å². The summed E-state index contributed by atoms with van der Waals surface area (Å²) in [5.74, 6) is 1.57. The highest BCUT2D eigenvalue weighted by atomic mass is 32.2. The van der Waals surface area contributed by atoms with E-state index in [0.29, 0.717) is 23.3 Å². The third-order valence-corrected chi connectivity index (χ3v) is 7.10. The summed E-state index contributed by atoms with van der Waals surface area (Å²) in [7, 11) is 1.88. The van der Waals surface area contributed by atoms with E-state index in [1.165, 1.54) is 29.5 Å². The quantitative estimate of drug-likeness (QED) is 0.196. The van der Waals surface area contributed by atoms with Crippen LogP contribution in [0.4, 0.5) is 5.13 Å². The van der Waals surface area contributed by atoms with Gasteiger partial charge in [-0.25, -0.2) is 4.98 Å². The minimum absolute atomic E-state index is 0.0213. The van der Waals surface area contributed by atoms with E-state index in [9.17, 15) is 4.79 Å². The van der Waals surface area contributed by atoms with Crippen molar-refractivity contribution in [3.63, 3.8) is 0 Å². The van der Waals surface area contributed by atoms with Crippen LogP contribution in [0.1, 0.15) is 32.6 Å². The number of benzene rings is 1. The highest BCUT2D eigenvalue weighted by Gasteiger charge is 2.21. The van der Waals surface area contributed by atoms with E-state index in [-0.39, 0.29) is 11.7 Å². The molecule has 0 spiro atoms. The molecule has 0 unspecified atom stereocenters. The Morgan fingerprint density at radius 2 is 1.97 bits per heavy atom. The van der Waals surface area contributed by atoms with Gasteiger partial charge in [-0.1, -0.05) is 68.3 Å². The fourth-order valence-corrected chi connectivity index (χ4v) is 5.08. The molecule has 0 radical (unpaired) electrons. The average Bonchev–Trinajstić information content (AvgIpc) is 3.60. The topological polar surface area (TPSA) is 77.0 Å². The molecule has 3 aromatic heterocycles. The van der Waals surface area contributed by atoms with Gasteiger partial charge in [0.05, 0.1) is 17.7 Å². The van der Waals surface area contributed by atoms with Gasteiger partial charge in [0.2, 0.25) is 5.91 Å². The van der Waals surface area contributed by atoms with Gasteiger partial charge in [-0.3, -0.25) is 9.69 Å². The molecule has 4 rings (SSSR count). The lowest BCUT2D eigenvalue weighted by atomic mass is 10.2.